The summed E-state index contributed by atoms with van der Waals surface area (Å²) >= 11 is 0. The summed E-state index contributed by atoms with van der Waals surface area (Å²) in [6.45, 7) is 2.22. The van der Waals surface area contributed by atoms with Gasteiger partial charge >= 0.3 is 6.18 Å². The molecule has 0 heterocycles. The lowest BCUT2D eigenvalue weighted by atomic mass is 10.1. The number of aryl methyl sites for hydroxylation is 1. The van der Waals surface area contributed by atoms with Crippen LogP contribution in [0.1, 0.15) is 27.0 Å². The zero-order chi connectivity index (χ0) is 17.0. The van der Waals surface area contributed by atoms with Crippen LogP contribution in [0, 0.1) is 12.7 Å². The van der Waals surface area contributed by atoms with Gasteiger partial charge in [0.15, 0.2) is 0 Å². The molecule has 2 rings (SSSR count). The molecule has 0 radical (unpaired) electrons. The van der Waals surface area contributed by atoms with Crippen molar-refractivity contribution in [3.8, 4) is 0 Å². The molecule has 0 saturated carbocycles. The van der Waals surface area contributed by atoms with Crippen molar-refractivity contribution in [3.05, 3.63) is 70.5 Å². The molecule has 2 aromatic carbocycles. The van der Waals surface area contributed by atoms with E-state index in [9.17, 15) is 22.4 Å². The van der Waals surface area contributed by atoms with E-state index in [0.717, 1.165) is 17.2 Å². The highest BCUT2D eigenvalue weighted by Gasteiger charge is 2.34. The van der Waals surface area contributed by atoms with Gasteiger partial charge in [-0.25, -0.2) is 4.39 Å². The molecule has 0 atom stereocenters. The summed E-state index contributed by atoms with van der Waals surface area (Å²) in [4.78, 5) is 11.9. The largest absolute Gasteiger partial charge is 0.419 e. The second kappa shape index (κ2) is 6.81. The average molecular weight is 325 g/mol. The van der Waals surface area contributed by atoms with Gasteiger partial charge in [0.1, 0.15) is 5.82 Å². The first kappa shape index (κ1) is 17.0. The van der Waals surface area contributed by atoms with Gasteiger partial charge in [-0.1, -0.05) is 29.8 Å². The van der Waals surface area contributed by atoms with Gasteiger partial charge in [-0.15, -0.1) is 0 Å². The van der Waals surface area contributed by atoms with E-state index < -0.39 is 23.5 Å². The van der Waals surface area contributed by atoms with Crippen LogP contribution in [0.5, 0.6) is 0 Å². The lowest BCUT2D eigenvalue weighted by molar-refractivity contribution is -0.140. The SMILES string of the molecule is Cc1cccc(CCNC(=O)c2ccc(F)c(C(F)(F)F)c2)c1. The molecule has 0 saturated heterocycles. The van der Waals surface area contributed by atoms with Crippen LogP contribution in [-0.2, 0) is 12.6 Å². The number of hydrogen-bond donors (Lipinski definition) is 1. The van der Waals surface area contributed by atoms with E-state index in [0.29, 0.717) is 18.6 Å². The fraction of sp³-hybridized carbons (Fsp3) is 0.235. The number of halogens is 4. The quantitative estimate of drug-likeness (QED) is 0.842. The van der Waals surface area contributed by atoms with Crippen molar-refractivity contribution in [3.63, 3.8) is 0 Å². The molecule has 6 heteroatoms. The zero-order valence-corrected chi connectivity index (χ0v) is 12.4. The highest BCUT2D eigenvalue weighted by atomic mass is 19.4. The van der Waals surface area contributed by atoms with E-state index in [2.05, 4.69) is 5.32 Å². The first-order valence-corrected chi connectivity index (χ1v) is 6.98. The molecule has 0 spiro atoms. The summed E-state index contributed by atoms with van der Waals surface area (Å²) in [5.74, 6) is -2.06. The van der Waals surface area contributed by atoms with Crippen molar-refractivity contribution in [2.24, 2.45) is 0 Å². The van der Waals surface area contributed by atoms with Crippen LogP contribution in [0.3, 0.4) is 0 Å². The normalized spacial score (nSPS) is 11.3. The van der Waals surface area contributed by atoms with Crippen molar-refractivity contribution in [2.45, 2.75) is 19.5 Å². The molecule has 2 nitrogen and oxygen atoms in total. The Bertz CT molecular complexity index is 710. The third-order valence-corrected chi connectivity index (χ3v) is 3.32. The first-order chi connectivity index (χ1) is 10.8. The van der Waals surface area contributed by atoms with Gasteiger partial charge in [-0.2, -0.15) is 13.2 Å². The number of rotatable bonds is 4. The Balaban J connectivity index is 2.01. The van der Waals surface area contributed by atoms with Crippen molar-refractivity contribution < 1.29 is 22.4 Å². The summed E-state index contributed by atoms with van der Waals surface area (Å²) in [6, 6.07) is 9.91. The lowest BCUT2D eigenvalue weighted by Crippen LogP contribution is -2.26. The fourth-order valence-corrected chi connectivity index (χ4v) is 2.17. The Kier molecular flexibility index (Phi) is 5.03. The van der Waals surface area contributed by atoms with E-state index in [1.807, 2.05) is 31.2 Å². The molecule has 2 aromatic rings. The molecule has 0 unspecified atom stereocenters. The molecule has 1 amide bonds. The van der Waals surface area contributed by atoms with Crippen LogP contribution in [0.15, 0.2) is 42.5 Å². The molecule has 122 valence electrons. The standard InChI is InChI=1S/C17H15F4NO/c1-11-3-2-4-12(9-11)7-8-22-16(23)13-5-6-15(18)14(10-13)17(19,20)21/h2-6,9-10H,7-8H2,1H3,(H,22,23). The molecule has 0 aliphatic rings. The van der Waals surface area contributed by atoms with Crippen molar-refractivity contribution in [2.75, 3.05) is 6.54 Å². The Morgan fingerprint density at radius 1 is 1.13 bits per heavy atom. The molecule has 1 N–H and O–H groups in total. The smallest absolute Gasteiger partial charge is 0.352 e. The first-order valence-electron chi connectivity index (χ1n) is 6.98. The van der Waals surface area contributed by atoms with Crippen LogP contribution in [-0.4, -0.2) is 12.5 Å². The Labute approximate surface area is 131 Å². The summed E-state index contributed by atoms with van der Waals surface area (Å²) in [6.07, 6.45) is -4.28. The van der Waals surface area contributed by atoms with Crippen LogP contribution in [0.2, 0.25) is 0 Å². The van der Waals surface area contributed by atoms with Gasteiger partial charge in [-0.05, 0) is 37.1 Å². The highest BCUT2D eigenvalue weighted by molar-refractivity contribution is 5.94. The number of alkyl halides is 3. The zero-order valence-electron chi connectivity index (χ0n) is 12.4. The number of benzene rings is 2. The van der Waals surface area contributed by atoms with Gasteiger partial charge in [0.25, 0.3) is 5.91 Å². The Morgan fingerprint density at radius 2 is 1.87 bits per heavy atom. The third kappa shape index (κ3) is 4.55. The minimum atomic E-state index is -4.83. The van der Waals surface area contributed by atoms with Crippen LogP contribution < -0.4 is 5.32 Å². The Hall–Kier alpha value is -2.37. The highest BCUT2D eigenvalue weighted by Crippen LogP contribution is 2.31. The molecule has 0 bridgehead atoms. The predicted molar refractivity (Wildman–Crippen MR) is 78.6 cm³/mol. The molecule has 0 fully saturated rings. The Morgan fingerprint density at radius 3 is 2.52 bits per heavy atom. The monoisotopic (exact) mass is 325 g/mol. The molecule has 0 aromatic heterocycles. The average Bonchev–Trinajstić information content (AvgIpc) is 2.46. The van der Waals surface area contributed by atoms with Gasteiger partial charge in [0.2, 0.25) is 0 Å². The van der Waals surface area contributed by atoms with Gasteiger partial charge in [-0.3, -0.25) is 4.79 Å². The fourth-order valence-electron chi connectivity index (χ4n) is 2.17. The van der Waals surface area contributed by atoms with E-state index in [1.54, 1.807) is 0 Å². The van der Waals surface area contributed by atoms with Crippen molar-refractivity contribution >= 4 is 5.91 Å². The minimum Gasteiger partial charge on any atom is -0.352 e. The number of carbonyl (C=O) groups is 1. The van der Waals surface area contributed by atoms with Crippen LogP contribution in [0.25, 0.3) is 0 Å². The van der Waals surface area contributed by atoms with Crippen molar-refractivity contribution in [1.29, 1.82) is 0 Å². The van der Waals surface area contributed by atoms with E-state index in [-0.39, 0.29) is 12.1 Å². The van der Waals surface area contributed by atoms with E-state index >= 15 is 0 Å². The van der Waals surface area contributed by atoms with Gasteiger partial charge in [0.05, 0.1) is 5.56 Å². The summed E-state index contributed by atoms with van der Waals surface area (Å²) < 4.78 is 51.1. The summed E-state index contributed by atoms with van der Waals surface area (Å²) in [5, 5.41) is 2.54. The second-order valence-corrected chi connectivity index (χ2v) is 5.19. The molecular weight excluding hydrogens is 310 g/mol. The van der Waals surface area contributed by atoms with Gasteiger partial charge < -0.3 is 5.32 Å². The van der Waals surface area contributed by atoms with Crippen molar-refractivity contribution in [1.82, 2.24) is 5.32 Å². The predicted octanol–water partition coefficient (Wildman–Crippen LogP) is 4.13. The molecule has 23 heavy (non-hydrogen) atoms. The van der Waals surface area contributed by atoms with E-state index in [1.165, 1.54) is 0 Å². The topological polar surface area (TPSA) is 29.1 Å². The van der Waals surface area contributed by atoms with Gasteiger partial charge in [0, 0.05) is 12.1 Å². The number of hydrogen-bond acceptors (Lipinski definition) is 1. The number of nitrogens with one attached hydrogen (secondary N) is 1. The third-order valence-electron chi connectivity index (χ3n) is 3.32. The second-order valence-electron chi connectivity index (χ2n) is 5.19. The minimum absolute atomic E-state index is 0.219. The summed E-state index contributed by atoms with van der Waals surface area (Å²) in [7, 11) is 0. The molecule has 0 aliphatic carbocycles. The molecule has 0 aliphatic heterocycles. The van der Waals surface area contributed by atoms with Crippen LogP contribution >= 0.6 is 0 Å². The maximum absolute atomic E-state index is 13.2. The maximum atomic E-state index is 13.2. The van der Waals surface area contributed by atoms with E-state index in [4.69, 9.17) is 0 Å². The summed E-state index contributed by atoms with van der Waals surface area (Å²) in [5.41, 5.74) is 0.439. The maximum Gasteiger partial charge on any atom is 0.419 e. The lowest BCUT2D eigenvalue weighted by Gasteiger charge is -2.10. The number of amides is 1. The molecular formula is C17H15F4NO. The van der Waals surface area contributed by atoms with Crippen LogP contribution in [0.4, 0.5) is 17.6 Å². The number of carbonyl (C=O) groups excluding carboxylic acids is 1.